The van der Waals surface area contributed by atoms with Gasteiger partial charge in [0.25, 0.3) is 0 Å². The van der Waals surface area contributed by atoms with E-state index in [-0.39, 0.29) is 29.2 Å². The van der Waals surface area contributed by atoms with Crippen LogP contribution >= 0.6 is 0 Å². The third-order valence-corrected chi connectivity index (χ3v) is 6.85. The van der Waals surface area contributed by atoms with Crippen molar-refractivity contribution in [2.24, 2.45) is 11.3 Å². The minimum Gasteiger partial charge on any atom is -0.422 e. The van der Waals surface area contributed by atoms with Crippen LogP contribution in [0.3, 0.4) is 0 Å². The summed E-state index contributed by atoms with van der Waals surface area (Å²) in [7, 11) is 0. The van der Waals surface area contributed by atoms with Crippen molar-refractivity contribution < 1.29 is 19.1 Å². The predicted molar refractivity (Wildman–Crippen MR) is 98.6 cm³/mol. The van der Waals surface area contributed by atoms with Gasteiger partial charge < -0.3 is 9.47 Å². The van der Waals surface area contributed by atoms with Gasteiger partial charge in [0, 0.05) is 18.1 Å². The lowest BCUT2D eigenvalue weighted by molar-refractivity contribution is -0.146. The summed E-state index contributed by atoms with van der Waals surface area (Å²) in [5.74, 6) is 0.924. The Bertz CT molecular complexity index is 805. The minimum absolute atomic E-state index is 0.106. The largest absolute Gasteiger partial charge is 0.422 e. The number of hydrogen-bond donors (Lipinski definition) is 0. The van der Waals surface area contributed by atoms with Gasteiger partial charge in [-0.3, -0.25) is 9.59 Å². The molecule has 4 nitrogen and oxygen atoms in total. The Morgan fingerprint density at radius 1 is 1.31 bits per heavy atom. The SMILES string of the molecule is CC(=O)Oc1c(C(C)C)cc2c3c1OC(=O)[C@@]31CCCC(C)(C)[C@@H]1CC2. The van der Waals surface area contributed by atoms with E-state index in [1.54, 1.807) is 0 Å². The summed E-state index contributed by atoms with van der Waals surface area (Å²) in [5, 5.41) is 0. The van der Waals surface area contributed by atoms with E-state index >= 15 is 0 Å². The molecule has 1 aromatic carbocycles. The van der Waals surface area contributed by atoms with Crippen molar-refractivity contribution in [3.05, 3.63) is 22.8 Å². The highest BCUT2D eigenvalue weighted by atomic mass is 16.6. The van der Waals surface area contributed by atoms with Gasteiger partial charge in [-0.15, -0.1) is 0 Å². The predicted octanol–water partition coefficient (Wildman–Crippen LogP) is 4.66. The molecule has 1 heterocycles. The zero-order chi connectivity index (χ0) is 18.9. The highest BCUT2D eigenvalue weighted by Gasteiger charge is 2.62. The lowest BCUT2D eigenvalue weighted by atomic mass is 9.50. The Labute approximate surface area is 155 Å². The van der Waals surface area contributed by atoms with Crippen molar-refractivity contribution in [1.29, 1.82) is 0 Å². The molecule has 4 heteroatoms. The molecule has 2 aliphatic carbocycles. The number of carbonyl (C=O) groups excluding carboxylic acids is 2. The fraction of sp³-hybridized carbons (Fsp3) is 0.636. The smallest absolute Gasteiger partial charge is 0.322 e. The first-order valence-electron chi connectivity index (χ1n) is 9.79. The van der Waals surface area contributed by atoms with Gasteiger partial charge >= 0.3 is 11.9 Å². The average Bonchev–Trinajstić information content (AvgIpc) is 2.83. The van der Waals surface area contributed by atoms with Gasteiger partial charge in [0.2, 0.25) is 0 Å². The first kappa shape index (κ1) is 17.6. The van der Waals surface area contributed by atoms with E-state index in [2.05, 4.69) is 33.8 Å². The quantitative estimate of drug-likeness (QED) is 0.571. The maximum absolute atomic E-state index is 13.2. The summed E-state index contributed by atoms with van der Waals surface area (Å²) < 4.78 is 11.5. The summed E-state index contributed by atoms with van der Waals surface area (Å²) >= 11 is 0. The van der Waals surface area contributed by atoms with Crippen LogP contribution in [0.5, 0.6) is 11.5 Å². The average molecular weight is 356 g/mol. The molecule has 0 amide bonds. The Hall–Kier alpha value is -1.84. The van der Waals surface area contributed by atoms with Gasteiger partial charge in [0.05, 0.1) is 0 Å². The third-order valence-electron chi connectivity index (χ3n) is 6.85. The molecule has 140 valence electrons. The summed E-state index contributed by atoms with van der Waals surface area (Å²) in [6.45, 7) is 10.1. The van der Waals surface area contributed by atoms with Gasteiger partial charge in [-0.1, -0.05) is 40.2 Å². The van der Waals surface area contributed by atoms with Crippen LogP contribution < -0.4 is 9.47 Å². The second-order valence-corrected chi connectivity index (χ2v) is 9.20. The summed E-state index contributed by atoms with van der Waals surface area (Å²) in [5.41, 5.74) is 2.73. The maximum Gasteiger partial charge on any atom is 0.322 e. The summed E-state index contributed by atoms with van der Waals surface area (Å²) in [4.78, 5) is 25.0. The Kier molecular flexibility index (Phi) is 3.77. The first-order valence-corrected chi connectivity index (χ1v) is 9.79. The molecule has 0 unspecified atom stereocenters. The maximum atomic E-state index is 13.2. The molecule has 4 rings (SSSR count). The lowest BCUT2D eigenvalue weighted by Gasteiger charge is -2.51. The van der Waals surface area contributed by atoms with Crippen molar-refractivity contribution in [3.63, 3.8) is 0 Å². The molecular weight excluding hydrogens is 328 g/mol. The first-order chi connectivity index (χ1) is 12.2. The number of benzene rings is 1. The van der Waals surface area contributed by atoms with E-state index in [9.17, 15) is 9.59 Å². The molecule has 0 aromatic heterocycles. The molecule has 2 atom stereocenters. The van der Waals surface area contributed by atoms with Crippen molar-refractivity contribution in [3.8, 4) is 11.5 Å². The van der Waals surface area contributed by atoms with E-state index < -0.39 is 5.41 Å². The van der Waals surface area contributed by atoms with Crippen LogP contribution in [-0.4, -0.2) is 11.9 Å². The summed E-state index contributed by atoms with van der Waals surface area (Å²) in [6.07, 6.45) is 4.96. The van der Waals surface area contributed by atoms with Gasteiger partial charge in [-0.25, -0.2) is 0 Å². The lowest BCUT2D eigenvalue weighted by Crippen LogP contribution is -2.52. The number of rotatable bonds is 2. The molecule has 0 bridgehead atoms. The van der Waals surface area contributed by atoms with Crippen molar-refractivity contribution in [2.45, 2.75) is 78.1 Å². The molecule has 1 fully saturated rings. The normalized spacial score (nSPS) is 28.4. The molecule has 3 aliphatic rings. The number of aryl methyl sites for hydroxylation is 1. The van der Waals surface area contributed by atoms with Crippen LogP contribution in [0.25, 0.3) is 0 Å². The van der Waals surface area contributed by atoms with E-state index in [1.807, 2.05) is 0 Å². The zero-order valence-corrected chi connectivity index (χ0v) is 16.4. The number of ether oxygens (including phenoxy) is 2. The molecule has 1 spiro atoms. The van der Waals surface area contributed by atoms with Crippen molar-refractivity contribution in [1.82, 2.24) is 0 Å². The standard InChI is InChI=1S/C22H28O4/c1-12(2)15-11-14-7-8-16-21(4,5)9-6-10-22(16)17(14)19(26-20(22)24)18(15)25-13(3)23/h11-12,16H,6-10H2,1-5H3/t16-,22+/m0/s1. The summed E-state index contributed by atoms with van der Waals surface area (Å²) in [6, 6.07) is 2.16. The van der Waals surface area contributed by atoms with E-state index in [0.29, 0.717) is 11.5 Å². The van der Waals surface area contributed by atoms with E-state index in [1.165, 1.54) is 12.5 Å². The molecular formula is C22H28O4. The number of esters is 2. The van der Waals surface area contributed by atoms with E-state index in [4.69, 9.17) is 9.47 Å². The monoisotopic (exact) mass is 356 g/mol. The van der Waals surface area contributed by atoms with Gasteiger partial charge in [0.1, 0.15) is 5.41 Å². The number of carbonyl (C=O) groups is 2. The molecule has 26 heavy (non-hydrogen) atoms. The second kappa shape index (κ2) is 5.58. The topological polar surface area (TPSA) is 52.6 Å². The molecule has 0 N–H and O–H groups in total. The third kappa shape index (κ3) is 2.20. The Morgan fingerprint density at radius 3 is 2.69 bits per heavy atom. The minimum atomic E-state index is -0.560. The highest BCUT2D eigenvalue weighted by molar-refractivity contribution is 5.94. The van der Waals surface area contributed by atoms with Crippen molar-refractivity contribution in [2.75, 3.05) is 0 Å². The van der Waals surface area contributed by atoms with Crippen LogP contribution in [0.15, 0.2) is 6.07 Å². The fourth-order valence-electron chi connectivity index (χ4n) is 5.78. The molecule has 1 saturated carbocycles. The van der Waals surface area contributed by atoms with Crippen molar-refractivity contribution >= 4 is 11.9 Å². The highest BCUT2D eigenvalue weighted by Crippen LogP contribution is 2.64. The van der Waals surface area contributed by atoms with Crippen LogP contribution in [0.4, 0.5) is 0 Å². The van der Waals surface area contributed by atoms with E-state index in [0.717, 1.165) is 43.2 Å². The van der Waals surface area contributed by atoms with Gasteiger partial charge in [0.15, 0.2) is 11.5 Å². The molecule has 0 radical (unpaired) electrons. The molecule has 1 aliphatic heterocycles. The number of hydrogen-bond acceptors (Lipinski definition) is 4. The fourth-order valence-corrected chi connectivity index (χ4v) is 5.78. The molecule has 1 aromatic rings. The Balaban J connectivity index is 1.99. The van der Waals surface area contributed by atoms with Crippen LogP contribution in [0, 0.1) is 11.3 Å². The molecule has 0 saturated heterocycles. The second-order valence-electron chi connectivity index (χ2n) is 9.20. The van der Waals surface area contributed by atoms with Crippen LogP contribution in [0.2, 0.25) is 0 Å². The Morgan fingerprint density at radius 2 is 2.04 bits per heavy atom. The van der Waals surface area contributed by atoms with Gasteiger partial charge in [-0.05, 0) is 48.5 Å². The van der Waals surface area contributed by atoms with Gasteiger partial charge in [-0.2, -0.15) is 0 Å². The zero-order valence-electron chi connectivity index (χ0n) is 16.4. The van der Waals surface area contributed by atoms with Crippen LogP contribution in [-0.2, 0) is 21.4 Å². The van der Waals surface area contributed by atoms with Crippen LogP contribution in [0.1, 0.15) is 82.9 Å².